The summed E-state index contributed by atoms with van der Waals surface area (Å²) in [6.07, 6.45) is 6.06. The topological polar surface area (TPSA) is 97.1 Å². The van der Waals surface area contributed by atoms with Crippen LogP contribution >= 0.6 is 0 Å². The van der Waals surface area contributed by atoms with Gasteiger partial charge in [-0.15, -0.1) is 5.10 Å². The van der Waals surface area contributed by atoms with E-state index in [1.54, 1.807) is 17.3 Å². The van der Waals surface area contributed by atoms with E-state index in [0.717, 1.165) is 5.56 Å². The molecule has 0 bridgehead atoms. The minimum absolute atomic E-state index is 0.0373. The summed E-state index contributed by atoms with van der Waals surface area (Å²) < 4.78 is 1.40. The number of hydrogen-bond acceptors (Lipinski definition) is 6. The number of carbonyl (C=O) groups excluding carboxylic acids is 2. The number of nitrogens with zero attached hydrogens (tertiary/aromatic N) is 7. The molecule has 24 heavy (non-hydrogen) atoms. The Kier molecular flexibility index (Phi) is 5.09. The average molecular weight is 329 g/mol. The molecule has 2 aromatic rings. The van der Waals surface area contributed by atoms with Gasteiger partial charge >= 0.3 is 0 Å². The second-order valence-corrected chi connectivity index (χ2v) is 5.63. The summed E-state index contributed by atoms with van der Waals surface area (Å²) in [5.41, 5.74) is 1.06. The van der Waals surface area contributed by atoms with Crippen LogP contribution in [-0.4, -0.2) is 73.0 Å². The highest BCUT2D eigenvalue weighted by atomic mass is 16.2. The Morgan fingerprint density at radius 1 is 1.08 bits per heavy atom. The molecule has 0 spiro atoms. The smallest absolute Gasteiger partial charge is 0.244 e. The van der Waals surface area contributed by atoms with Crippen LogP contribution in [0.1, 0.15) is 12.0 Å². The van der Waals surface area contributed by atoms with Crippen molar-refractivity contribution in [3.05, 3.63) is 36.4 Å². The van der Waals surface area contributed by atoms with E-state index in [-0.39, 0.29) is 18.4 Å². The summed E-state index contributed by atoms with van der Waals surface area (Å²) in [5, 5.41) is 10.7. The fourth-order valence-corrected chi connectivity index (χ4v) is 2.65. The van der Waals surface area contributed by atoms with Crippen LogP contribution in [0.2, 0.25) is 0 Å². The lowest BCUT2D eigenvalue weighted by molar-refractivity contribution is -0.140. The first-order valence-electron chi connectivity index (χ1n) is 7.87. The van der Waals surface area contributed by atoms with Gasteiger partial charge < -0.3 is 9.80 Å². The minimum Gasteiger partial charge on any atom is -0.339 e. The third-order valence-corrected chi connectivity index (χ3v) is 4.02. The normalized spacial score (nSPS) is 14.7. The van der Waals surface area contributed by atoms with Crippen molar-refractivity contribution in [3.63, 3.8) is 0 Å². The molecule has 2 aromatic heterocycles. The average Bonchev–Trinajstić information content (AvgIpc) is 3.13. The lowest BCUT2D eigenvalue weighted by Crippen LogP contribution is -2.51. The Balaban J connectivity index is 1.42. The van der Waals surface area contributed by atoms with Gasteiger partial charge in [-0.25, -0.2) is 4.68 Å². The first kappa shape index (κ1) is 16.0. The molecule has 1 saturated heterocycles. The first-order chi connectivity index (χ1) is 11.7. The van der Waals surface area contributed by atoms with Crippen molar-refractivity contribution in [1.29, 1.82) is 0 Å². The van der Waals surface area contributed by atoms with Crippen LogP contribution in [0.5, 0.6) is 0 Å². The number of pyridine rings is 1. The second-order valence-electron chi connectivity index (χ2n) is 5.63. The molecule has 126 valence electrons. The predicted molar refractivity (Wildman–Crippen MR) is 83.5 cm³/mol. The largest absolute Gasteiger partial charge is 0.339 e. The molecule has 1 fully saturated rings. The number of aromatic nitrogens is 5. The van der Waals surface area contributed by atoms with Crippen molar-refractivity contribution >= 4 is 11.8 Å². The van der Waals surface area contributed by atoms with Crippen molar-refractivity contribution < 1.29 is 9.59 Å². The Morgan fingerprint density at radius 3 is 2.46 bits per heavy atom. The molecular formula is C15H19N7O2. The quantitative estimate of drug-likeness (QED) is 0.725. The molecule has 0 radical (unpaired) electrons. The lowest BCUT2D eigenvalue weighted by atomic mass is 10.1. The van der Waals surface area contributed by atoms with Gasteiger partial charge in [0.1, 0.15) is 12.9 Å². The van der Waals surface area contributed by atoms with Gasteiger partial charge in [-0.05, 0) is 28.5 Å². The summed E-state index contributed by atoms with van der Waals surface area (Å²) >= 11 is 0. The van der Waals surface area contributed by atoms with E-state index >= 15 is 0 Å². The summed E-state index contributed by atoms with van der Waals surface area (Å²) in [6, 6.07) is 3.84. The van der Waals surface area contributed by atoms with Crippen molar-refractivity contribution in [2.75, 3.05) is 26.2 Å². The molecule has 9 nitrogen and oxygen atoms in total. The molecule has 1 aliphatic rings. The van der Waals surface area contributed by atoms with Crippen LogP contribution in [-0.2, 0) is 22.6 Å². The maximum Gasteiger partial charge on any atom is 0.244 e. The molecule has 0 atom stereocenters. The highest BCUT2D eigenvalue weighted by molar-refractivity contribution is 5.78. The number of amides is 2. The van der Waals surface area contributed by atoms with E-state index in [9.17, 15) is 9.59 Å². The minimum atomic E-state index is -0.0373. The highest BCUT2D eigenvalue weighted by Gasteiger charge is 2.24. The zero-order chi connectivity index (χ0) is 16.8. The highest BCUT2D eigenvalue weighted by Crippen LogP contribution is 2.08. The van der Waals surface area contributed by atoms with Gasteiger partial charge in [0.2, 0.25) is 11.8 Å². The molecule has 9 heteroatoms. The zero-order valence-corrected chi connectivity index (χ0v) is 13.3. The van der Waals surface area contributed by atoms with Crippen LogP contribution in [0.15, 0.2) is 30.9 Å². The van der Waals surface area contributed by atoms with Crippen molar-refractivity contribution in [1.82, 2.24) is 35.0 Å². The molecule has 0 saturated carbocycles. The van der Waals surface area contributed by atoms with Crippen LogP contribution in [0.3, 0.4) is 0 Å². The molecule has 1 aliphatic heterocycles. The second kappa shape index (κ2) is 7.62. The standard InChI is InChI=1S/C15H19N7O2/c23-14(4-3-13-2-1-5-16-10-13)20-6-8-21(9-7-20)15(24)11-22-12-17-18-19-22/h1-2,5,10,12H,3-4,6-9,11H2. The Morgan fingerprint density at radius 2 is 1.83 bits per heavy atom. The fraction of sp³-hybridized carbons (Fsp3) is 0.467. The molecule has 0 aromatic carbocycles. The van der Waals surface area contributed by atoms with Gasteiger partial charge in [0.15, 0.2) is 0 Å². The first-order valence-corrected chi connectivity index (χ1v) is 7.87. The Hall–Kier alpha value is -2.84. The van der Waals surface area contributed by atoms with Gasteiger partial charge in [0.05, 0.1) is 0 Å². The molecule has 3 heterocycles. The molecule has 0 unspecified atom stereocenters. The number of hydrogen-bond donors (Lipinski definition) is 0. The van der Waals surface area contributed by atoms with Crippen molar-refractivity contribution in [3.8, 4) is 0 Å². The van der Waals surface area contributed by atoms with Gasteiger partial charge in [0, 0.05) is 45.0 Å². The third-order valence-electron chi connectivity index (χ3n) is 4.02. The third kappa shape index (κ3) is 4.12. The Bertz CT molecular complexity index is 666. The SMILES string of the molecule is O=C(CCc1cccnc1)N1CCN(C(=O)Cn2cnnn2)CC1. The maximum absolute atomic E-state index is 12.3. The molecule has 0 aliphatic carbocycles. The number of carbonyl (C=O) groups is 2. The summed E-state index contributed by atoms with van der Waals surface area (Å²) in [6.45, 7) is 2.33. The molecular weight excluding hydrogens is 310 g/mol. The maximum atomic E-state index is 12.3. The van der Waals surface area contributed by atoms with E-state index in [0.29, 0.717) is 39.0 Å². The summed E-state index contributed by atoms with van der Waals surface area (Å²) in [5.74, 6) is 0.0798. The zero-order valence-electron chi connectivity index (χ0n) is 13.3. The van der Waals surface area contributed by atoms with E-state index in [4.69, 9.17) is 0 Å². The van der Waals surface area contributed by atoms with E-state index in [2.05, 4.69) is 20.5 Å². The number of rotatable bonds is 5. The van der Waals surface area contributed by atoms with E-state index in [1.807, 2.05) is 17.0 Å². The fourth-order valence-electron chi connectivity index (χ4n) is 2.65. The van der Waals surface area contributed by atoms with Gasteiger partial charge in [0.25, 0.3) is 0 Å². The van der Waals surface area contributed by atoms with Gasteiger partial charge in [-0.1, -0.05) is 6.07 Å². The number of aryl methyl sites for hydroxylation is 1. The van der Waals surface area contributed by atoms with Crippen LogP contribution in [0.4, 0.5) is 0 Å². The summed E-state index contributed by atoms with van der Waals surface area (Å²) in [7, 11) is 0. The monoisotopic (exact) mass is 329 g/mol. The molecule has 2 amide bonds. The predicted octanol–water partition coefficient (Wildman–Crippen LogP) is -0.628. The van der Waals surface area contributed by atoms with Crippen molar-refractivity contribution in [2.24, 2.45) is 0 Å². The summed E-state index contributed by atoms with van der Waals surface area (Å²) in [4.78, 5) is 32.0. The molecule has 3 rings (SSSR count). The molecule has 0 N–H and O–H groups in total. The van der Waals surface area contributed by atoms with Gasteiger partial charge in [-0.3, -0.25) is 14.6 Å². The Labute approximate surface area is 139 Å². The van der Waals surface area contributed by atoms with Crippen LogP contribution in [0, 0.1) is 0 Å². The van der Waals surface area contributed by atoms with Crippen LogP contribution in [0.25, 0.3) is 0 Å². The number of piperazine rings is 1. The lowest BCUT2D eigenvalue weighted by Gasteiger charge is -2.34. The van der Waals surface area contributed by atoms with Crippen LogP contribution < -0.4 is 0 Å². The van der Waals surface area contributed by atoms with E-state index in [1.165, 1.54) is 11.0 Å². The van der Waals surface area contributed by atoms with Gasteiger partial charge in [-0.2, -0.15) is 0 Å². The van der Waals surface area contributed by atoms with E-state index < -0.39 is 0 Å². The number of tetrazole rings is 1. The van der Waals surface area contributed by atoms with Crippen molar-refractivity contribution in [2.45, 2.75) is 19.4 Å².